The van der Waals surface area contributed by atoms with E-state index in [0.29, 0.717) is 23.8 Å². The van der Waals surface area contributed by atoms with Crippen LogP contribution in [-0.2, 0) is 4.79 Å². The van der Waals surface area contributed by atoms with E-state index in [0.717, 1.165) is 19.6 Å². The summed E-state index contributed by atoms with van der Waals surface area (Å²) < 4.78 is 0. The molecular weight excluding hydrogens is 264 g/mol. The van der Waals surface area contributed by atoms with Crippen LogP contribution in [0.4, 0.5) is 5.69 Å². The van der Waals surface area contributed by atoms with Crippen molar-refractivity contribution in [3.63, 3.8) is 0 Å². The molecule has 0 radical (unpaired) electrons. The number of carbonyl (C=O) groups excluding carboxylic acids is 1. The molecule has 110 valence electrons. The minimum atomic E-state index is -0.00321. The van der Waals surface area contributed by atoms with E-state index in [1.54, 1.807) is 18.2 Å². The molecule has 3 rings (SSSR count). The summed E-state index contributed by atoms with van der Waals surface area (Å²) in [5.74, 6) is -0.00321. The molecule has 2 aliphatic rings. The zero-order valence-electron chi connectivity index (χ0n) is 12.1. The van der Waals surface area contributed by atoms with E-state index >= 15 is 0 Å². The number of benzene rings is 1. The number of carbonyl (C=O) groups is 1. The summed E-state index contributed by atoms with van der Waals surface area (Å²) in [7, 11) is 0. The van der Waals surface area contributed by atoms with Gasteiger partial charge in [0, 0.05) is 31.4 Å². The second-order valence-electron chi connectivity index (χ2n) is 5.81. The minimum Gasteiger partial charge on any atom is -0.325 e. The van der Waals surface area contributed by atoms with Crippen molar-refractivity contribution in [2.24, 2.45) is 0 Å². The lowest BCUT2D eigenvalue weighted by Crippen LogP contribution is -2.51. The van der Waals surface area contributed by atoms with Crippen molar-refractivity contribution in [3.8, 4) is 6.07 Å². The lowest BCUT2D eigenvalue weighted by atomic mass is 10.1. The van der Waals surface area contributed by atoms with Gasteiger partial charge in [0.25, 0.3) is 0 Å². The molecule has 1 atom stereocenters. The highest BCUT2D eigenvalue weighted by Crippen LogP contribution is 2.21. The zero-order valence-corrected chi connectivity index (χ0v) is 12.1. The predicted molar refractivity (Wildman–Crippen MR) is 80.8 cm³/mol. The lowest BCUT2D eigenvalue weighted by Gasteiger charge is -2.37. The van der Waals surface area contributed by atoms with E-state index in [9.17, 15) is 4.79 Å². The van der Waals surface area contributed by atoms with E-state index in [4.69, 9.17) is 5.26 Å². The highest BCUT2D eigenvalue weighted by molar-refractivity contribution is 5.92. The Morgan fingerprint density at radius 1 is 1.38 bits per heavy atom. The summed E-state index contributed by atoms with van der Waals surface area (Å²) in [4.78, 5) is 16.9. The number of rotatable bonds is 3. The van der Waals surface area contributed by atoms with Crippen molar-refractivity contribution < 1.29 is 4.79 Å². The number of nitrogens with zero attached hydrogens (tertiary/aromatic N) is 3. The van der Waals surface area contributed by atoms with Gasteiger partial charge in [-0.15, -0.1) is 0 Å². The molecule has 1 aromatic rings. The van der Waals surface area contributed by atoms with Crippen LogP contribution in [0, 0.1) is 11.3 Å². The first-order chi connectivity index (χ1) is 10.2. The molecule has 0 bridgehead atoms. The predicted octanol–water partition coefficient (Wildman–Crippen LogP) is 1.28. The summed E-state index contributed by atoms with van der Waals surface area (Å²) in [6.07, 6.45) is 2.54. The Balaban J connectivity index is 1.53. The van der Waals surface area contributed by atoms with Gasteiger partial charge in [0.15, 0.2) is 0 Å². The number of nitriles is 1. The van der Waals surface area contributed by atoms with Crippen LogP contribution in [0.25, 0.3) is 0 Å². The number of hydrogen-bond acceptors (Lipinski definition) is 4. The van der Waals surface area contributed by atoms with Gasteiger partial charge in [-0.1, -0.05) is 6.07 Å². The van der Waals surface area contributed by atoms with Gasteiger partial charge in [-0.2, -0.15) is 5.26 Å². The van der Waals surface area contributed by atoms with Crippen molar-refractivity contribution in [2.45, 2.75) is 18.9 Å². The third-order valence-corrected chi connectivity index (χ3v) is 4.31. The standard InChI is InChI=1S/C16H20N4O/c17-10-13-3-1-4-14(9-13)18-16(21)12-19-7-8-20-6-2-5-15(20)11-19/h1,3-4,9,15H,2,5-8,11-12H2,(H,18,21). The molecule has 0 spiro atoms. The summed E-state index contributed by atoms with van der Waals surface area (Å²) in [6, 6.07) is 9.74. The molecule has 2 fully saturated rings. The van der Waals surface area contributed by atoms with Crippen LogP contribution in [0.1, 0.15) is 18.4 Å². The molecule has 1 aromatic carbocycles. The third-order valence-electron chi connectivity index (χ3n) is 4.31. The normalized spacial score (nSPS) is 22.5. The number of anilines is 1. The van der Waals surface area contributed by atoms with Crippen LogP contribution in [0.5, 0.6) is 0 Å². The molecule has 5 nitrogen and oxygen atoms in total. The fraction of sp³-hybridized carbons (Fsp3) is 0.500. The van der Waals surface area contributed by atoms with Gasteiger partial charge in [-0.05, 0) is 37.6 Å². The quantitative estimate of drug-likeness (QED) is 0.908. The fourth-order valence-electron chi connectivity index (χ4n) is 3.27. The molecule has 2 saturated heterocycles. The Morgan fingerprint density at radius 2 is 2.29 bits per heavy atom. The molecular formula is C16H20N4O. The van der Waals surface area contributed by atoms with Crippen LogP contribution in [0.2, 0.25) is 0 Å². The second-order valence-corrected chi connectivity index (χ2v) is 5.81. The molecule has 5 heteroatoms. The SMILES string of the molecule is N#Cc1cccc(NC(=O)CN2CCN3CCCC3C2)c1. The summed E-state index contributed by atoms with van der Waals surface area (Å²) in [5.41, 5.74) is 1.26. The second kappa shape index (κ2) is 6.25. The van der Waals surface area contributed by atoms with Gasteiger partial charge in [0.2, 0.25) is 5.91 Å². The Kier molecular flexibility index (Phi) is 4.18. The topological polar surface area (TPSA) is 59.4 Å². The number of nitrogens with one attached hydrogen (secondary N) is 1. The van der Waals surface area contributed by atoms with Gasteiger partial charge in [0.1, 0.15) is 0 Å². The van der Waals surface area contributed by atoms with E-state index in [1.165, 1.54) is 19.4 Å². The van der Waals surface area contributed by atoms with Crippen LogP contribution >= 0.6 is 0 Å². The maximum Gasteiger partial charge on any atom is 0.238 e. The third kappa shape index (κ3) is 3.41. The maximum atomic E-state index is 12.1. The van der Waals surface area contributed by atoms with E-state index in [1.807, 2.05) is 6.07 Å². The maximum absolute atomic E-state index is 12.1. The van der Waals surface area contributed by atoms with Gasteiger partial charge in [-0.3, -0.25) is 14.6 Å². The van der Waals surface area contributed by atoms with Crippen molar-refractivity contribution in [2.75, 3.05) is 38.0 Å². The molecule has 0 saturated carbocycles. The van der Waals surface area contributed by atoms with Gasteiger partial charge < -0.3 is 5.32 Å². The molecule has 1 amide bonds. The Labute approximate surface area is 125 Å². The van der Waals surface area contributed by atoms with Crippen LogP contribution in [0.3, 0.4) is 0 Å². The van der Waals surface area contributed by atoms with Crippen LogP contribution < -0.4 is 5.32 Å². The number of amides is 1. The average molecular weight is 284 g/mol. The van der Waals surface area contributed by atoms with E-state index < -0.39 is 0 Å². The smallest absolute Gasteiger partial charge is 0.238 e. The van der Waals surface area contributed by atoms with Crippen molar-refractivity contribution in [1.82, 2.24) is 9.80 Å². The Morgan fingerprint density at radius 3 is 3.14 bits per heavy atom. The van der Waals surface area contributed by atoms with Gasteiger partial charge in [-0.25, -0.2) is 0 Å². The largest absolute Gasteiger partial charge is 0.325 e. The first-order valence-corrected chi connectivity index (χ1v) is 7.51. The summed E-state index contributed by atoms with van der Waals surface area (Å²) in [5, 5.41) is 11.7. The van der Waals surface area contributed by atoms with Gasteiger partial charge >= 0.3 is 0 Å². The zero-order chi connectivity index (χ0) is 14.7. The minimum absolute atomic E-state index is 0.00321. The monoisotopic (exact) mass is 284 g/mol. The summed E-state index contributed by atoms with van der Waals surface area (Å²) >= 11 is 0. The van der Waals surface area contributed by atoms with Crippen molar-refractivity contribution in [1.29, 1.82) is 5.26 Å². The number of fused-ring (bicyclic) bond motifs is 1. The molecule has 2 heterocycles. The molecule has 1 unspecified atom stereocenters. The molecule has 2 aliphatic heterocycles. The molecule has 0 aliphatic carbocycles. The Hall–Kier alpha value is -1.90. The number of hydrogen-bond donors (Lipinski definition) is 1. The van der Waals surface area contributed by atoms with E-state index in [2.05, 4.69) is 21.2 Å². The highest BCUT2D eigenvalue weighted by Gasteiger charge is 2.30. The van der Waals surface area contributed by atoms with Crippen molar-refractivity contribution in [3.05, 3.63) is 29.8 Å². The molecule has 21 heavy (non-hydrogen) atoms. The number of piperazine rings is 1. The average Bonchev–Trinajstić information content (AvgIpc) is 2.95. The molecule has 1 N–H and O–H groups in total. The first-order valence-electron chi connectivity index (χ1n) is 7.51. The van der Waals surface area contributed by atoms with Gasteiger partial charge in [0.05, 0.1) is 18.2 Å². The van der Waals surface area contributed by atoms with Crippen LogP contribution in [-0.4, -0.2) is 54.5 Å². The van der Waals surface area contributed by atoms with Crippen LogP contribution in [0.15, 0.2) is 24.3 Å². The van der Waals surface area contributed by atoms with Crippen molar-refractivity contribution >= 4 is 11.6 Å². The van der Waals surface area contributed by atoms with E-state index in [-0.39, 0.29) is 5.91 Å². The molecule has 0 aromatic heterocycles. The highest BCUT2D eigenvalue weighted by atomic mass is 16.2. The fourth-order valence-corrected chi connectivity index (χ4v) is 3.27. The first kappa shape index (κ1) is 14.1. The summed E-state index contributed by atoms with van der Waals surface area (Å²) in [6.45, 7) is 4.67. The Bertz CT molecular complexity index is 566. The lowest BCUT2D eigenvalue weighted by molar-refractivity contribution is -0.117.